The fraction of sp³-hybridized carbons (Fsp3) is 0.938. The molecule has 2 aliphatic rings. The van der Waals surface area contributed by atoms with Crippen LogP contribution in [0.5, 0.6) is 0 Å². The molecule has 2 heterocycles. The first-order valence-corrected chi connectivity index (χ1v) is 58.6. The first kappa shape index (κ1) is 130. The number of aliphatic hydroxyl groups excluding tert-OH is 4. The molecule has 2 aliphatic heterocycles. The van der Waals surface area contributed by atoms with Crippen molar-refractivity contribution in [2.24, 2.45) is 41.4 Å². The van der Waals surface area contributed by atoms with E-state index in [0.29, 0.717) is 44.9 Å². The van der Waals surface area contributed by atoms with Crippen LogP contribution in [0.2, 0.25) is 0 Å². The maximum atomic E-state index is 15.8. The molecule has 816 valence electrons. The molecule has 26 heteroatoms. The van der Waals surface area contributed by atoms with E-state index in [-0.39, 0.29) is 14.7 Å². The zero-order valence-electron chi connectivity index (χ0n) is 90.6. The third-order valence-corrected chi connectivity index (χ3v) is 30.2. The number of amides is 2. The van der Waals surface area contributed by atoms with Crippen LogP contribution in [-0.2, 0) is 76.0 Å². The number of esters is 5. The second kappa shape index (κ2) is 79.5. The molecule has 0 radical (unpaired) electrons. The quantitative estimate of drug-likeness (QED) is 0.0121. The van der Waals surface area contributed by atoms with Crippen LogP contribution in [0, 0.1) is 41.4 Å². The molecule has 0 aliphatic carbocycles. The van der Waals surface area contributed by atoms with Crippen molar-refractivity contribution in [1.29, 1.82) is 0 Å². The van der Waals surface area contributed by atoms with Gasteiger partial charge in [0.1, 0.15) is 47.7 Å². The number of ether oxygens (including phenoxy) is 8. The van der Waals surface area contributed by atoms with Gasteiger partial charge in [-0.15, -0.1) is 0 Å². The van der Waals surface area contributed by atoms with Gasteiger partial charge in [0.25, 0.3) is 0 Å². The maximum absolute atomic E-state index is 15.8. The fourth-order valence-corrected chi connectivity index (χ4v) is 20.2. The van der Waals surface area contributed by atoms with Crippen LogP contribution in [-0.4, -0.2) is 170 Å². The van der Waals surface area contributed by atoms with Crippen molar-refractivity contribution in [2.45, 2.75) is 619 Å². The smallest absolute Gasteiger partial charge is 0.374 e. The molecular weight excluding hydrogens is 1770 g/mol. The van der Waals surface area contributed by atoms with Crippen LogP contribution in [0.15, 0.2) is 0 Å². The van der Waals surface area contributed by atoms with E-state index in [0.717, 1.165) is 283 Å². The second-order valence-electron chi connectivity index (χ2n) is 43.0. The summed E-state index contributed by atoms with van der Waals surface area (Å²) < 4.78 is 57.3. The van der Waals surface area contributed by atoms with E-state index in [1.807, 2.05) is 48.5 Å². The molecule has 21 unspecified atom stereocenters. The van der Waals surface area contributed by atoms with Crippen LogP contribution in [0.1, 0.15) is 537 Å². The number of unbranched alkanes of at least 4 members (excludes halogenated alkanes) is 48. The molecular formula is C112H215N2O23P. The number of nitrogens with one attached hydrogen (secondary N) is 2. The van der Waals surface area contributed by atoms with E-state index < -0.39 is 203 Å². The van der Waals surface area contributed by atoms with Gasteiger partial charge in [-0.25, -0.2) is 0 Å². The van der Waals surface area contributed by atoms with Crippen molar-refractivity contribution in [3.63, 3.8) is 0 Å². The van der Waals surface area contributed by atoms with Crippen LogP contribution >= 0.6 is 8.17 Å². The lowest BCUT2D eigenvalue weighted by atomic mass is 9.83. The van der Waals surface area contributed by atoms with E-state index in [4.69, 9.17) is 42.4 Å². The van der Waals surface area contributed by atoms with E-state index in [9.17, 15) is 54.3 Å². The van der Waals surface area contributed by atoms with Crippen molar-refractivity contribution < 1.29 is 114 Å². The Morgan fingerprint density at radius 3 is 0.935 bits per heavy atom. The Labute approximate surface area is 843 Å². The summed E-state index contributed by atoms with van der Waals surface area (Å²) in [5, 5.41) is 55.0. The molecule has 0 bridgehead atoms. The number of hydrogen-bond donors (Lipinski definition) is 8. The first-order chi connectivity index (χ1) is 66.1. The molecule has 25 nitrogen and oxygen atoms in total. The van der Waals surface area contributed by atoms with Gasteiger partial charge in [-0.2, -0.15) is 14.3 Å². The highest BCUT2D eigenvalue weighted by atomic mass is 31.2. The Kier molecular flexibility index (Phi) is 75.1. The maximum Gasteiger partial charge on any atom is 0.374 e. The minimum atomic E-state index is -5.72. The molecule has 2 fully saturated rings. The SMILES string of the molecule is CCCCCCCCCCCCCC(C)C(=O)OC(CC(=O)NC1(C)C(O)OC(COC2OC(CO)C(O[P+]([O-])(O)O)C(OC(=O)CC(OC(=O)C(C)CCCCCCCCCCC)C(C)CCCCCCCCC)C2(C)NC(=O)CC(OC(=O)C(C)CCCCCCCCC)C(C)CCCCCCCCC)C(O)C1OC(=O)CC(O)C(C)CCCCCCCCC)C(C)CCCCCCCCC.[HH].[HH]. The molecule has 0 aromatic carbocycles. The molecule has 8 N–H and O–H groups in total. The Morgan fingerprint density at radius 1 is 0.362 bits per heavy atom. The van der Waals surface area contributed by atoms with Crippen molar-refractivity contribution in [3.05, 3.63) is 0 Å². The van der Waals surface area contributed by atoms with Gasteiger partial charge in [0.05, 0.1) is 62.8 Å². The van der Waals surface area contributed by atoms with Crippen LogP contribution in [0.3, 0.4) is 0 Å². The van der Waals surface area contributed by atoms with Gasteiger partial charge in [-0.05, 0) is 82.5 Å². The molecule has 2 saturated heterocycles. The van der Waals surface area contributed by atoms with Gasteiger partial charge >= 0.3 is 38.0 Å². The molecule has 0 aromatic rings. The average Bonchev–Trinajstić information content (AvgIpc) is 0.745. The number of hydrogen-bond acceptors (Lipinski definition) is 23. The molecule has 0 spiro atoms. The third kappa shape index (κ3) is 57.4. The zero-order chi connectivity index (χ0) is 102. The summed E-state index contributed by atoms with van der Waals surface area (Å²) in [5.74, 6) is -8.18. The highest BCUT2D eigenvalue weighted by Gasteiger charge is 2.62. The zero-order valence-corrected chi connectivity index (χ0v) is 91.5. The topological polar surface area (TPSA) is 371 Å². The Morgan fingerprint density at radius 2 is 0.630 bits per heavy atom. The number of carbonyl (C=O) groups is 7. The summed E-state index contributed by atoms with van der Waals surface area (Å²) in [6.07, 6.45) is 40.1. The summed E-state index contributed by atoms with van der Waals surface area (Å²) in [6, 6.07) is 0. The van der Waals surface area contributed by atoms with E-state index in [2.05, 4.69) is 59.1 Å². The summed E-state index contributed by atoms with van der Waals surface area (Å²) in [7, 11) is -5.72. The molecule has 2 amide bonds. The number of carbonyl (C=O) groups excluding carboxylic acids is 7. The Hall–Kier alpha value is -3.72. The highest BCUT2D eigenvalue weighted by molar-refractivity contribution is 7.51. The predicted octanol–water partition coefficient (Wildman–Crippen LogP) is 25.7. The van der Waals surface area contributed by atoms with Crippen molar-refractivity contribution in [3.8, 4) is 0 Å². The minimum absolute atomic E-state index is 0. The second-order valence-corrected chi connectivity index (χ2v) is 44.2. The van der Waals surface area contributed by atoms with Gasteiger partial charge < -0.3 is 73.8 Å². The lowest BCUT2D eigenvalue weighted by molar-refractivity contribution is -0.327. The number of phosphoric acid groups is 1. The van der Waals surface area contributed by atoms with Crippen molar-refractivity contribution in [2.75, 3.05) is 13.2 Å². The monoisotopic (exact) mass is 1990 g/mol. The van der Waals surface area contributed by atoms with Gasteiger partial charge in [-0.3, -0.25) is 33.6 Å². The lowest BCUT2D eigenvalue weighted by Gasteiger charge is -2.52. The fourth-order valence-electron chi connectivity index (χ4n) is 19.7. The summed E-state index contributed by atoms with van der Waals surface area (Å²) >= 11 is 0. The molecule has 21 atom stereocenters. The lowest BCUT2D eigenvalue weighted by Crippen LogP contribution is -2.75. The van der Waals surface area contributed by atoms with Crippen molar-refractivity contribution >= 4 is 49.8 Å². The third-order valence-electron chi connectivity index (χ3n) is 29.7. The average molecular weight is 1990 g/mol. The van der Waals surface area contributed by atoms with Crippen LogP contribution in [0.4, 0.5) is 0 Å². The van der Waals surface area contributed by atoms with Crippen LogP contribution < -0.4 is 15.5 Å². The molecule has 0 saturated carbocycles. The molecule has 2 rings (SSSR count). The van der Waals surface area contributed by atoms with Gasteiger partial charge in [0.15, 0.2) is 30.9 Å². The Balaban J connectivity index is 0.0000966. The molecule has 0 aromatic heterocycles. The van der Waals surface area contributed by atoms with Gasteiger partial charge in [0.2, 0.25) is 11.8 Å². The highest BCUT2D eigenvalue weighted by Crippen LogP contribution is 2.48. The summed E-state index contributed by atoms with van der Waals surface area (Å²) in [6.45, 7) is 29.0. The van der Waals surface area contributed by atoms with Crippen molar-refractivity contribution in [1.82, 2.24) is 10.6 Å². The first-order valence-electron chi connectivity index (χ1n) is 57.1. The standard InChI is InChI=1S/C112H211N2O23P.2H2/c1-17-24-31-38-45-47-48-50-57-64-70-77-90(13)106(122)130-93(86(9)73-66-59-52-41-34-27-20-4)80-98(117)113-111(15)104(135-100(119)79-92(116)85(8)72-65-58-51-40-33-26-19-3)102(121)97(133-109(111)125)84-129-110-112(16,114-99(118)81-94(87(10)74-67-60-53-42-35-28-21-5)131-107(123)89(12)76-69-62-55-44-37-30-23-7)105(103(96(83-115)134-110)137-138(126,127)128)136-101(120)82-95(88(11)75-68-61-54-43-36-29-22-6)132-108(124)91(14)78-71-63-56-49-46-39-32-25-18-2;;/h85-97,102-105,109-110,115-116,121,125H,17-84H2,1-16H3,(H,113,117)(H,114,118)(H2,126,127,128);2*1H. The minimum Gasteiger partial charge on any atom is -0.606 e. The van der Waals surface area contributed by atoms with Gasteiger partial charge in [0, 0.05) is 2.85 Å². The Bertz CT molecular complexity index is 3080. The predicted molar refractivity (Wildman–Crippen MR) is 556 cm³/mol. The van der Waals surface area contributed by atoms with E-state index in [1.165, 1.54) is 84.5 Å². The number of phosphoric ester groups is 1. The number of aliphatic hydroxyl groups is 4. The summed E-state index contributed by atoms with van der Waals surface area (Å²) in [5.41, 5.74) is -4.61. The van der Waals surface area contributed by atoms with Gasteiger partial charge in [-0.1, -0.05) is 450 Å². The van der Waals surface area contributed by atoms with E-state index >= 15 is 14.4 Å². The normalized spacial score (nSPS) is 22.1. The summed E-state index contributed by atoms with van der Waals surface area (Å²) in [4.78, 5) is 140. The molecule has 138 heavy (non-hydrogen) atoms. The largest absolute Gasteiger partial charge is 0.606 e. The number of rotatable bonds is 90. The van der Waals surface area contributed by atoms with E-state index in [1.54, 1.807) is 0 Å². The van der Waals surface area contributed by atoms with Crippen LogP contribution in [0.25, 0.3) is 0 Å².